The van der Waals surface area contributed by atoms with Gasteiger partial charge < -0.3 is 14.4 Å². The van der Waals surface area contributed by atoms with Crippen LogP contribution in [-0.4, -0.2) is 37.7 Å². The van der Waals surface area contributed by atoms with Gasteiger partial charge in [0.2, 0.25) is 0 Å². The Morgan fingerprint density at radius 2 is 1.47 bits per heavy atom. The first-order chi connectivity index (χ1) is 16.8. The second kappa shape index (κ2) is 11.8. The van der Waals surface area contributed by atoms with Crippen molar-refractivity contribution < 1.29 is 9.47 Å². The van der Waals surface area contributed by atoms with Gasteiger partial charge in [-0.3, -0.25) is 0 Å². The third-order valence-electron chi connectivity index (χ3n) is 6.81. The second-order valence-electron chi connectivity index (χ2n) is 8.85. The first kappa shape index (κ1) is 24.0. The van der Waals surface area contributed by atoms with Gasteiger partial charge in [-0.05, 0) is 80.6 Å². The summed E-state index contributed by atoms with van der Waals surface area (Å²) in [5.41, 5.74) is 2.74. The summed E-state index contributed by atoms with van der Waals surface area (Å²) in [5.74, 6) is 1.24. The molecule has 0 radical (unpaired) electrons. The number of likely N-dealkylation sites (tertiary alicyclic amines) is 1. The first-order valence-corrected chi connectivity index (χ1v) is 12.4. The molecule has 0 spiro atoms. The maximum atomic E-state index is 8.91. The van der Waals surface area contributed by atoms with Gasteiger partial charge in [0.05, 0.1) is 18.2 Å². The summed E-state index contributed by atoms with van der Waals surface area (Å²) < 4.78 is 12.5. The maximum absolute atomic E-state index is 8.91. The minimum Gasteiger partial charge on any atom is -0.494 e. The monoisotopic (exact) mass is 454 g/mol. The van der Waals surface area contributed by atoms with E-state index in [4.69, 9.17) is 14.7 Å². The number of nitrogens with zero attached hydrogens (tertiary/aromatic N) is 2. The Hall–Kier alpha value is -3.13. The minimum absolute atomic E-state index is 0.415. The zero-order valence-corrected chi connectivity index (χ0v) is 20.0. The third kappa shape index (κ3) is 5.50. The Kier molecular flexibility index (Phi) is 8.36. The molecule has 176 valence electrons. The van der Waals surface area contributed by atoms with Crippen LogP contribution in [0.2, 0.25) is 0 Å². The molecule has 3 aromatic carbocycles. The van der Waals surface area contributed by atoms with Crippen LogP contribution in [0.15, 0.2) is 84.9 Å². The lowest BCUT2D eigenvalue weighted by atomic mass is 9.71. The van der Waals surface area contributed by atoms with Gasteiger partial charge >= 0.3 is 0 Å². The van der Waals surface area contributed by atoms with Crippen LogP contribution in [0.1, 0.15) is 42.9 Å². The molecular weight excluding hydrogens is 420 g/mol. The van der Waals surface area contributed by atoms with E-state index in [9.17, 15) is 0 Å². The smallest absolute Gasteiger partial charge is 0.121 e. The van der Waals surface area contributed by atoms with Gasteiger partial charge in [-0.25, -0.2) is 0 Å². The molecule has 0 atom stereocenters. The lowest BCUT2D eigenvalue weighted by molar-refractivity contribution is -0.0738. The number of hydrogen-bond acceptors (Lipinski definition) is 4. The lowest BCUT2D eigenvalue weighted by Gasteiger charge is -2.45. The topological polar surface area (TPSA) is 45.5 Å². The fourth-order valence-electron chi connectivity index (χ4n) is 5.19. The van der Waals surface area contributed by atoms with Crippen molar-refractivity contribution in [2.75, 3.05) is 32.8 Å². The van der Waals surface area contributed by atoms with E-state index < -0.39 is 5.60 Å². The SMILES string of the molecule is CCOC(c1ccccc1)(c1ccccc1)C1CCN(CCCOc2ccc(C#N)cc2)CC1. The molecule has 1 saturated heterocycles. The van der Waals surface area contributed by atoms with Gasteiger partial charge in [0.15, 0.2) is 0 Å². The third-order valence-corrected chi connectivity index (χ3v) is 6.81. The summed E-state index contributed by atoms with van der Waals surface area (Å²) in [7, 11) is 0. The van der Waals surface area contributed by atoms with E-state index in [1.54, 1.807) is 12.1 Å². The van der Waals surface area contributed by atoms with Crippen molar-refractivity contribution in [3.63, 3.8) is 0 Å². The van der Waals surface area contributed by atoms with E-state index in [1.165, 1.54) is 11.1 Å². The van der Waals surface area contributed by atoms with Crippen molar-refractivity contribution in [1.29, 1.82) is 5.26 Å². The number of hydrogen-bond donors (Lipinski definition) is 0. The molecule has 3 aromatic rings. The summed E-state index contributed by atoms with van der Waals surface area (Å²) in [6.45, 7) is 6.62. The van der Waals surface area contributed by atoms with Crippen LogP contribution in [0, 0.1) is 17.2 Å². The molecule has 0 N–H and O–H groups in total. The summed E-state index contributed by atoms with van der Waals surface area (Å²) in [5, 5.41) is 8.91. The highest BCUT2D eigenvalue weighted by atomic mass is 16.5. The quantitative estimate of drug-likeness (QED) is 0.352. The molecule has 4 heteroatoms. The molecule has 1 aliphatic heterocycles. The Morgan fingerprint density at radius 1 is 0.882 bits per heavy atom. The zero-order chi connectivity index (χ0) is 23.6. The molecule has 4 rings (SSSR count). The molecule has 0 aliphatic carbocycles. The maximum Gasteiger partial charge on any atom is 0.121 e. The Balaban J connectivity index is 1.38. The van der Waals surface area contributed by atoms with E-state index >= 15 is 0 Å². The molecule has 4 nitrogen and oxygen atoms in total. The van der Waals surface area contributed by atoms with Crippen LogP contribution in [0.3, 0.4) is 0 Å². The summed E-state index contributed by atoms with van der Waals surface area (Å²) >= 11 is 0. The Labute approximate surface area is 203 Å². The molecule has 0 bridgehead atoms. The van der Waals surface area contributed by atoms with Crippen molar-refractivity contribution in [1.82, 2.24) is 4.90 Å². The fraction of sp³-hybridized carbons (Fsp3) is 0.367. The largest absolute Gasteiger partial charge is 0.494 e. The molecule has 0 unspecified atom stereocenters. The van der Waals surface area contributed by atoms with Crippen LogP contribution >= 0.6 is 0 Å². The van der Waals surface area contributed by atoms with Gasteiger partial charge in [-0.1, -0.05) is 60.7 Å². The summed E-state index contributed by atoms with van der Waals surface area (Å²) in [4.78, 5) is 2.55. The first-order valence-electron chi connectivity index (χ1n) is 12.4. The van der Waals surface area contributed by atoms with Crippen molar-refractivity contribution in [3.8, 4) is 11.8 Å². The minimum atomic E-state index is -0.415. The van der Waals surface area contributed by atoms with Gasteiger partial charge in [0.1, 0.15) is 11.4 Å². The summed E-state index contributed by atoms with van der Waals surface area (Å²) in [6, 6.07) is 31.0. The van der Waals surface area contributed by atoms with E-state index in [2.05, 4.69) is 78.6 Å². The van der Waals surface area contributed by atoms with E-state index in [1.807, 2.05) is 12.1 Å². The highest BCUT2D eigenvalue weighted by molar-refractivity contribution is 5.38. The zero-order valence-electron chi connectivity index (χ0n) is 20.0. The Morgan fingerprint density at radius 3 is 2.00 bits per heavy atom. The standard InChI is InChI=1S/C30H34N2O2/c1-2-34-30(26-10-5-3-6-11-26,27-12-7-4-8-13-27)28-18-21-32(22-19-28)20-9-23-33-29-16-14-25(24-31)15-17-29/h3-8,10-17,28H,2,9,18-23H2,1H3. The number of rotatable bonds is 10. The number of piperidine rings is 1. The van der Waals surface area contributed by atoms with Crippen molar-refractivity contribution in [2.45, 2.75) is 31.8 Å². The van der Waals surface area contributed by atoms with E-state index in [0.717, 1.165) is 44.6 Å². The fourth-order valence-corrected chi connectivity index (χ4v) is 5.19. The van der Waals surface area contributed by atoms with Gasteiger partial charge in [0, 0.05) is 13.2 Å². The van der Waals surface area contributed by atoms with Crippen LogP contribution in [0.25, 0.3) is 0 Å². The normalized spacial score (nSPS) is 15.1. The number of nitriles is 1. The predicted molar refractivity (Wildman–Crippen MR) is 136 cm³/mol. The number of benzene rings is 3. The highest BCUT2D eigenvalue weighted by Crippen LogP contribution is 2.45. The average molecular weight is 455 g/mol. The van der Waals surface area contributed by atoms with Crippen LogP contribution in [0.4, 0.5) is 0 Å². The predicted octanol–water partition coefficient (Wildman–Crippen LogP) is 6.02. The average Bonchev–Trinajstić information content (AvgIpc) is 2.91. The molecule has 1 fully saturated rings. The van der Waals surface area contributed by atoms with E-state index in [-0.39, 0.29) is 0 Å². The van der Waals surface area contributed by atoms with Gasteiger partial charge in [-0.2, -0.15) is 5.26 Å². The molecule has 1 heterocycles. The molecule has 0 aromatic heterocycles. The van der Waals surface area contributed by atoms with Crippen molar-refractivity contribution in [3.05, 3.63) is 102 Å². The lowest BCUT2D eigenvalue weighted by Crippen LogP contribution is -2.46. The molecule has 34 heavy (non-hydrogen) atoms. The number of ether oxygens (including phenoxy) is 2. The van der Waals surface area contributed by atoms with Gasteiger partial charge in [-0.15, -0.1) is 0 Å². The van der Waals surface area contributed by atoms with Crippen molar-refractivity contribution in [2.24, 2.45) is 5.92 Å². The molecular formula is C30H34N2O2. The second-order valence-corrected chi connectivity index (χ2v) is 8.85. The molecule has 1 aliphatic rings. The Bertz CT molecular complexity index is 997. The van der Waals surface area contributed by atoms with Crippen LogP contribution in [0.5, 0.6) is 5.75 Å². The van der Waals surface area contributed by atoms with Crippen LogP contribution < -0.4 is 4.74 Å². The molecule has 0 saturated carbocycles. The highest BCUT2D eigenvalue weighted by Gasteiger charge is 2.44. The van der Waals surface area contributed by atoms with Crippen LogP contribution in [-0.2, 0) is 10.3 Å². The van der Waals surface area contributed by atoms with Gasteiger partial charge in [0.25, 0.3) is 0 Å². The molecule has 0 amide bonds. The van der Waals surface area contributed by atoms with E-state index in [0.29, 0.717) is 24.7 Å². The summed E-state index contributed by atoms with van der Waals surface area (Å²) in [6.07, 6.45) is 3.18. The van der Waals surface area contributed by atoms with Crippen molar-refractivity contribution >= 4 is 0 Å².